The van der Waals surface area contributed by atoms with Crippen molar-refractivity contribution >= 4 is 6.08 Å². The monoisotopic (exact) mass is 228 g/mol. The third-order valence-electron chi connectivity index (χ3n) is 3.52. The maximum atomic E-state index is 6.21. The second kappa shape index (κ2) is 5.22. The van der Waals surface area contributed by atoms with Crippen molar-refractivity contribution < 1.29 is 4.74 Å². The van der Waals surface area contributed by atoms with Crippen molar-refractivity contribution in [2.24, 2.45) is 0 Å². The van der Waals surface area contributed by atoms with E-state index in [1.165, 1.54) is 0 Å². The first-order chi connectivity index (χ1) is 8.28. The fraction of sp³-hybridized carbons (Fsp3) is 0.375. The largest absolute Gasteiger partial charge is 0.487 e. The lowest BCUT2D eigenvalue weighted by molar-refractivity contribution is 0.0551. The smallest absolute Gasteiger partial charge is 0.120 e. The topological polar surface area (TPSA) is 9.23 Å². The molecule has 1 aliphatic rings. The Kier molecular flexibility index (Phi) is 3.68. The zero-order chi connectivity index (χ0) is 12.1. The van der Waals surface area contributed by atoms with Crippen LogP contribution in [0.4, 0.5) is 0 Å². The Hall–Kier alpha value is -1.50. The lowest BCUT2D eigenvalue weighted by Crippen LogP contribution is -2.36. The van der Waals surface area contributed by atoms with Crippen LogP contribution in [0.5, 0.6) is 5.75 Å². The summed E-state index contributed by atoms with van der Waals surface area (Å²) in [5.74, 6) is 0.966. The van der Waals surface area contributed by atoms with Gasteiger partial charge in [-0.3, -0.25) is 0 Å². The molecule has 17 heavy (non-hydrogen) atoms. The van der Waals surface area contributed by atoms with Gasteiger partial charge in [-0.05, 0) is 37.0 Å². The van der Waals surface area contributed by atoms with Crippen LogP contribution in [-0.2, 0) is 0 Å². The maximum Gasteiger partial charge on any atom is 0.120 e. The van der Waals surface area contributed by atoms with Gasteiger partial charge < -0.3 is 4.74 Å². The van der Waals surface area contributed by atoms with Gasteiger partial charge in [0.2, 0.25) is 0 Å². The predicted molar refractivity (Wildman–Crippen MR) is 73.2 cm³/mol. The summed E-state index contributed by atoms with van der Waals surface area (Å²) >= 11 is 0. The molecule has 0 aromatic heterocycles. The molecule has 0 N–H and O–H groups in total. The van der Waals surface area contributed by atoms with Gasteiger partial charge >= 0.3 is 0 Å². The van der Waals surface area contributed by atoms with E-state index in [2.05, 4.69) is 25.7 Å². The molecule has 0 spiro atoms. The van der Waals surface area contributed by atoms with Gasteiger partial charge in [0.25, 0.3) is 0 Å². The van der Waals surface area contributed by atoms with Crippen molar-refractivity contribution in [2.75, 3.05) is 0 Å². The molecule has 1 aromatic rings. The lowest BCUT2D eigenvalue weighted by atomic mass is 9.86. The van der Waals surface area contributed by atoms with Gasteiger partial charge in [-0.25, -0.2) is 0 Å². The van der Waals surface area contributed by atoms with Crippen molar-refractivity contribution in [2.45, 2.75) is 38.2 Å². The van der Waals surface area contributed by atoms with Crippen LogP contribution in [0.1, 0.15) is 38.2 Å². The minimum absolute atomic E-state index is 0.00441. The highest BCUT2D eigenvalue weighted by Gasteiger charge is 2.30. The molecule has 0 aliphatic heterocycles. The third-order valence-corrected chi connectivity index (χ3v) is 3.52. The molecule has 1 aromatic carbocycles. The molecular formula is C16H20O. The summed E-state index contributed by atoms with van der Waals surface area (Å²) in [6.07, 6.45) is 10.7. The second-order valence-electron chi connectivity index (χ2n) is 4.63. The Balaban J connectivity index is 2.12. The number of hydrogen-bond donors (Lipinski definition) is 0. The molecule has 1 aliphatic carbocycles. The quantitative estimate of drug-likeness (QED) is 0.684. The molecule has 1 nitrogen and oxygen atoms in total. The van der Waals surface area contributed by atoms with Crippen LogP contribution < -0.4 is 4.74 Å². The molecule has 0 bridgehead atoms. The van der Waals surface area contributed by atoms with Crippen LogP contribution in [0.25, 0.3) is 6.08 Å². The molecule has 90 valence electrons. The highest BCUT2D eigenvalue weighted by Crippen LogP contribution is 2.32. The second-order valence-corrected chi connectivity index (χ2v) is 4.63. The van der Waals surface area contributed by atoms with Gasteiger partial charge in [0, 0.05) is 6.42 Å². The minimum atomic E-state index is 0.00441. The Morgan fingerprint density at radius 2 is 2.06 bits per heavy atom. The van der Waals surface area contributed by atoms with E-state index in [0.29, 0.717) is 0 Å². The Labute approximate surface area is 104 Å². The SMILES string of the molecule is C=Cc1ccc(OC2(CC)CC=CCC2)cc1. The van der Waals surface area contributed by atoms with Crippen LogP contribution in [0.2, 0.25) is 0 Å². The van der Waals surface area contributed by atoms with E-state index in [1.54, 1.807) is 0 Å². The average Bonchev–Trinajstić information content (AvgIpc) is 2.41. The van der Waals surface area contributed by atoms with E-state index < -0.39 is 0 Å². The summed E-state index contributed by atoms with van der Waals surface area (Å²) in [4.78, 5) is 0. The Morgan fingerprint density at radius 3 is 2.59 bits per heavy atom. The van der Waals surface area contributed by atoms with Crippen LogP contribution in [-0.4, -0.2) is 5.60 Å². The van der Waals surface area contributed by atoms with Crippen LogP contribution in [0, 0.1) is 0 Å². The van der Waals surface area contributed by atoms with E-state index in [1.807, 2.05) is 30.3 Å². The molecule has 0 fully saturated rings. The minimum Gasteiger partial charge on any atom is -0.487 e. The van der Waals surface area contributed by atoms with Crippen molar-refractivity contribution in [3.63, 3.8) is 0 Å². The number of hydrogen-bond acceptors (Lipinski definition) is 1. The molecule has 1 heteroatoms. The van der Waals surface area contributed by atoms with Crippen molar-refractivity contribution in [3.05, 3.63) is 48.6 Å². The fourth-order valence-corrected chi connectivity index (χ4v) is 2.27. The van der Waals surface area contributed by atoms with Crippen molar-refractivity contribution in [1.82, 2.24) is 0 Å². The summed E-state index contributed by atoms with van der Waals surface area (Å²) in [6.45, 7) is 5.96. The van der Waals surface area contributed by atoms with E-state index in [9.17, 15) is 0 Å². The predicted octanol–water partition coefficient (Wildman–Crippen LogP) is 4.60. The number of allylic oxidation sites excluding steroid dienone is 1. The average molecular weight is 228 g/mol. The van der Waals surface area contributed by atoms with Crippen LogP contribution in [0.3, 0.4) is 0 Å². The lowest BCUT2D eigenvalue weighted by Gasteiger charge is -2.34. The first-order valence-corrected chi connectivity index (χ1v) is 6.34. The molecule has 1 atom stereocenters. The molecule has 0 radical (unpaired) electrons. The molecule has 0 saturated heterocycles. The zero-order valence-corrected chi connectivity index (χ0v) is 10.5. The summed E-state index contributed by atoms with van der Waals surface area (Å²) in [5, 5.41) is 0. The first-order valence-electron chi connectivity index (χ1n) is 6.34. The van der Waals surface area contributed by atoms with Gasteiger partial charge in [-0.1, -0.05) is 43.9 Å². The number of rotatable bonds is 4. The van der Waals surface area contributed by atoms with Gasteiger partial charge in [0.1, 0.15) is 11.4 Å². The molecule has 1 unspecified atom stereocenters. The highest BCUT2D eigenvalue weighted by molar-refractivity contribution is 5.48. The maximum absolute atomic E-state index is 6.21. The van der Waals surface area contributed by atoms with Gasteiger partial charge in [0.05, 0.1) is 0 Å². The Bertz CT molecular complexity index is 402. The third kappa shape index (κ3) is 2.79. The van der Waals surface area contributed by atoms with Crippen molar-refractivity contribution in [1.29, 1.82) is 0 Å². The van der Waals surface area contributed by atoms with Gasteiger partial charge in [-0.2, -0.15) is 0 Å². The van der Waals surface area contributed by atoms with Gasteiger partial charge in [-0.15, -0.1) is 0 Å². The van der Waals surface area contributed by atoms with E-state index >= 15 is 0 Å². The zero-order valence-electron chi connectivity index (χ0n) is 10.5. The van der Waals surface area contributed by atoms with Crippen molar-refractivity contribution in [3.8, 4) is 5.75 Å². The van der Waals surface area contributed by atoms with E-state index in [0.717, 1.165) is 37.0 Å². The summed E-state index contributed by atoms with van der Waals surface area (Å²) in [6, 6.07) is 8.16. The van der Waals surface area contributed by atoms with Crippen LogP contribution in [0.15, 0.2) is 43.0 Å². The van der Waals surface area contributed by atoms with E-state index in [-0.39, 0.29) is 5.60 Å². The molecular weight excluding hydrogens is 208 g/mol. The summed E-state index contributed by atoms with van der Waals surface area (Å²) in [7, 11) is 0. The van der Waals surface area contributed by atoms with Crippen LogP contribution >= 0.6 is 0 Å². The Morgan fingerprint density at radius 1 is 1.29 bits per heavy atom. The summed E-state index contributed by atoms with van der Waals surface area (Å²) in [5.41, 5.74) is 1.14. The highest BCUT2D eigenvalue weighted by atomic mass is 16.5. The summed E-state index contributed by atoms with van der Waals surface area (Å²) < 4.78 is 6.21. The molecule has 0 amide bonds. The standard InChI is InChI=1S/C16H20O/c1-3-14-8-10-15(11-9-14)17-16(4-2)12-6-5-7-13-16/h3,5-6,8-11H,1,4,7,12-13H2,2H3. The number of ether oxygens (including phenoxy) is 1. The van der Waals surface area contributed by atoms with E-state index in [4.69, 9.17) is 4.74 Å². The molecule has 0 heterocycles. The first kappa shape index (κ1) is 12.0. The fourth-order valence-electron chi connectivity index (χ4n) is 2.27. The number of benzene rings is 1. The molecule has 0 saturated carbocycles. The molecule has 2 rings (SSSR count). The normalized spacial score (nSPS) is 23.4. The van der Waals surface area contributed by atoms with Gasteiger partial charge in [0.15, 0.2) is 0 Å².